The minimum absolute atomic E-state index is 0.595. The van der Waals surface area contributed by atoms with Crippen LogP contribution in [-0.4, -0.2) is 19.0 Å². The zero-order chi connectivity index (χ0) is 33.2. The van der Waals surface area contributed by atoms with Crippen LogP contribution in [0, 0.1) is 0 Å². The quantitative estimate of drug-likeness (QED) is 0.0873. The summed E-state index contributed by atoms with van der Waals surface area (Å²) < 4.78 is 34.0. The standard InChI is InChI=1S/C35H43ClN3O5P3/c1-35(2,38-45(4,40-30-20-10-5-11-21-30)41-31-22-12-6-13-23-31)46(42-32-24-14-7-15-25-32,43-33-26-16-8-17-27-33)39-47(36,37-3)44-34-28-18-9-19-29-34/h5-29,37-39,45-47H,1-4H3. The zero-order valence-electron chi connectivity index (χ0n) is 26.9. The van der Waals surface area contributed by atoms with Gasteiger partial charge in [-0.1, -0.05) is 0 Å². The summed E-state index contributed by atoms with van der Waals surface area (Å²) in [5.74, 6) is 3.12. The Labute approximate surface area is 284 Å². The Kier molecular flexibility index (Phi) is 11.6. The Balaban J connectivity index is 1.63. The van der Waals surface area contributed by atoms with E-state index in [0.29, 0.717) is 28.7 Å². The summed E-state index contributed by atoms with van der Waals surface area (Å²) in [7, 11) is -9.08. The molecule has 0 aliphatic carbocycles. The molecule has 8 nitrogen and oxygen atoms in total. The van der Waals surface area contributed by atoms with Gasteiger partial charge in [-0.05, 0) is 0 Å². The molecule has 0 unspecified atom stereocenters. The normalized spacial score (nSPS) is 13.2. The molecule has 0 fully saturated rings. The first-order valence-corrected chi connectivity index (χ1v) is 22.3. The van der Waals surface area contributed by atoms with E-state index < -0.39 is 28.2 Å². The summed E-state index contributed by atoms with van der Waals surface area (Å²) in [5, 5.41) is 6.01. The number of hydrogen-bond acceptors (Lipinski definition) is 8. The number of benzene rings is 5. The zero-order valence-corrected chi connectivity index (χ0v) is 30.6. The second-order valence-electron chi connectivity index (χ2n) is 11.4. The SMILES string of the molecule is CN[PH](Cl)(N[PH](Oc1ccccc1)(Oc1ccccc1)C(C)(C)N[PH](C)(Oc1ccccc1)Oc1ccccc1)Oc1ccccc1. The molecule has 12 heteroatoms. The van der Waals surface area contributed by atoms with Crippen LogP contribution < -0.4 is 37.7 Å². The number of rotatable bonds is 16. The first-order valence-electron chi connectivity index (χ1n) is 15.3. The molecule has 0 amide bonds. The summed E-state index contributed by atoms with van der Waals surface area (Å²) in [6.07, 6.45) is 0. The van der Waals surface area contributed by atoms with E-state index in [1.54, 1.807) is 7.05 Å². The first kappa shape index (κ1) is 34.9. The predicted octanol–water partition coefficient (Wildman–Crippen LogP) is 9.78. The third-order valence-electron chi connectivity index (χ3n) is 7.13. The van der Waals surface area contributed by atoms with Gasteiger partial charge in [0.15, 0.2) is 0 Å². The average molecular weight is 714 g/mol. The third kappa shape index (κ3) is 9.56. The Morgan fingerprint density at radius 1 is 0.489 bits per heavy atom. The summed E-state index contributed by atoms with van der Waals surface area (Å²) in [6.45, 7) is 5.98. The van der Waals surface area contributed by atoms with E-state index in [9.17, 15) is 0 Å². The van der Waals surface area contributed by atoms with Crippen molar-refractivity contribution in [2.75, 3.05) is 13.7 Å². The molecule has 5 aromatic rings. The van der Waals surface area contributed by atoms with Gasteiger partial charge in [0, 0.05) is 0 Å². The van der Waals surface area contributed by atoms with Crippen molar-refractivity contribution in [3.63, 3.8) is 0 Å². The van der Waals surface area contributed by atoms with E-state index in [-0.39, 0.29) is 0 Å². The van der Waals surface area contributed by atoms with Crippen molar-refractivity contribution < 1.29 is 22.6 Å². The molecule has 0 aliphatic rings. The maximum absolute atomic E-state index is 7.40. The van der Waals surface area contributed by atoms with Crippen LogP contribution >= 0.6 is 34.1 Å². The Morgan fingerprint density at radius 2 is 0.787 bits per heavy atom. The van der Waals surface area contributed by atoms with Crippen molar-refractivity contribution in [1.29, 1.82) is 0 Å². The molecule has 0 heterocycles. The molecule has 3 N–H and O–H groups in total. The Bertz CT molecular complexity index is 1580. The van der Waals surface area contributed by atoms with Gasteiger partial charge in [-0.3, -0.25) is 0 Å². The molecule has 0 atom stereocenters. The van der Waals surface area contributed by atoms with Crippen LogP contribution in [0.2, 0.25) is 0 Å². The van der Waals surface area contributed by atoms with Gasteiger partial charge in [-0.25, -0.2) is 0 Å². The number of halogens is 1. The predicted molar refractivity (Wildman–Crippen MR) is 201 cm³/mol. The van der Waals surface area contributed by atoms with Gasteiger partial charge in [0.2, 0.25) is 0 Å². The molecule has 0 radical (unpaired) electrons. The molecule has 0 saturated carbocycles. The molecule has 0 aliphatic heterocycles. The van der Waals surface area contributed by atoms with E-state index in [4.69, 9.17) is 33.9 Å². The Hall–Kier alpha value is -3.44. The number of para-hydroxylation sites is 5. The second kappa shape index (κ2) is 15.6. The van der Waals surface area contributed by atoms with Gasteiger partial charge in [0.1, 0.15) is 0 Å². The second-order valence-corrected chi connectivity index (χ2v) is 21.3. The van der Waals surface area contributed by atoms with E-state index in [0.717, 1.165) is 0 Å². The summed E-state index contributed by atoms with van der Waals surface area (Å²) >= 11 is 7.40. The molecule has 5 rings (SSSR count). The summed E-state index contributed by atoms with van der Waals surface area (Å²) in [5.41, 5.74) is 0. The first-order chi connectivity index (χ1) is 22.6. The van der Waals surface area contributed by atoms with Crippen LogP contribution in [0.1, 0.15) is 13.8 Å². The fraction of sp³-hybridized carbons (Fsp3) is 0.143. The minimum atomic E-state index is -3.90. The van der Waals surface area contributed by atoms with Gasteiger partial charge in [0.25, 0.3) is 0 Å². The van der Waals surface area contributed by atoms with Gasteiger partial charge < -0.3 is 0 Å². The number of nitrogens with one attached hydrogen (secondary N) is 3. The van der Waals surface area contributed by atoms with Gasteiger partial charge in [-0.15, -0.1) is 0 Å². The van der Waals surface area contributed by atoms with E-state index in [1.807, 2.05) is 172 Å². The molecule has 47 heavy (non-hydrogen) atoms. The topological polar surface area (TPSA) is 82.2 Å². The van der Waals surface area contributed by atoms with Crippen LogP contribution in [0.5, 0.6) is 28.7 Å². The van der Waals surface area contributed by atoms with E-state index in [1.165, 1.54) is 0 Å². The molecule has 0 spiro atoms. The maximum atomic E-state index is 7.40. The number of hydrogen-bond donors (Lipinski definition) is 3. The van der Waals surface area contributed by atoms with Crippen LogP contribution in [-0.2, 0) is 0 Å². The van der Waals surface area contributed by atoms with Gasteiger partial charge >= 0.3 is 285 Å². The van der Waals surface area contributed by atoms with E-state index >= 15 is 0 Å². The molecule has 0 bridgehead atoms. The van der Waals surface area contributed by atoms with Crippen LogP contribution in [0.25, 0.3) is 0 Å². The monoisotopic (exact) mass is 713 g/mol. The van der Waals surface area contributed by atoms with Crippen LogP contribution in [0.4, 0.5) is 0 Å². The van der Waals surface area contributed by atoms with E-state index in [2.05, 4.69) is 15.0 Å². The molecular weight excluding hydrogens is 671 g/mol. The molecule has 0 saturated heterocycles. The van der Waals surface area contributed by atoms with Crippen molar-refractivity contribution in [2.24, 2.45) is 0 Å². The van der Waals surface area contributed by atoms with Crippen molar-refractivity contribution in [1.82, 2.24) is 15.0 Å². The molecule has 250 valence electrons. The summed E-state index contributed by atoms with van der Waals surface area (Å²) in [4.78, 5) is 3.64. The fourth-order valence-electron chi connectivity index (χ4n) is 4.94. The average Bonchev–Trinajstić information content (AvgIpc) is 3.06. The van der Waals surface area contributed by atoms with Gasteiger partial charge in [0.05, 0.1) is 0 Å². The molecular formula is C35H43ClN3O5P3. The van der Waals surface area contributed by atoms with Crippen LogP contribution in [0.3, 0.4) is 0 Å². The van der Waals surface area contributed by atoms with Crippen molar-refractivity contribution >= 4 is 34.1 Å². The van der Waals surface area contributed by atoms with Crippen molar-refractivity contribution in [3.05, 3.63) is 152 Å². The van der Waals surface area contributed by atoms with Crippen molar-refractivity contribution in [3.8, 4) is 28.7 Å². The van der Waals surface area contributed by atoms with Crippen molar-refractivity contribution in [2.45, 2.75) is 19.1 Å². The fourth-order valence-corrected chi connectivity index (χ4v) is 16.2. The molecule has 0 aromatic heterocycles. The Morgan fingerprint density at radius 3 is 1.11 bits per heavy atom. The summed E-state index contributed by atoms with van der Waals surface area (Å²) in [6, 6.07) is 47.7. The third-order valence-corrected chi connectivity index (χ3v) is 17.9. The van der Waals surface area contributed by atoms with Gasteiger partial charge in [-0.2, -0.15) is 0 Å². The molecule has 5 aromatic carbocycles. The van der Waals surface area contributed by atoms with Crippen LogP contribution in [0.15, 0.2) is 152 Å².